The van der Waals surface area contributed by atoms with Gasteiger partial charge in [-0.2, -0.15) is 0 Å². The van der Waals surface area contributed by atoms with Crippen LogP contribution in [0.25, 0.3) is 0 Å². The van der Waals surface area contributed by atoms with Gasteiger partial charge in [-0.05, 0) is 32.9 Å². The highest BCUT2D eigenvalue weighted by Gasteiger charge is 2.13. The molecule has 1 aromatic rings. The van der Waals surface area contributed by atoms with E-state index in [1.54, 1.807) is 6.07 Å². The molecule has 0 saturated carbocycles. The standard InChI is InChI=1S/C13H19FN2O2/c1-13(2,3)16-12(17)8-15-9-5-6-10(14)11(7-9)18-4/h5-7,15H,8H2,1-4H3,(H,16,17). The molecule has 0 bridgehead atoms. The summed E-state index contributed by atoms with van der Waals surface area (Å²) in [6.45, 7) is 5.86. The molecule has 0 aliphatic carbocycles. The first-order valence-corrected chi connectivity index (χ1v) is 5.70. The van der Waals surface area contributed by atoms with Crippen LogP contribution in [0, 0.1) is 5.82 Å². The number of nitrogens with one attached hydrogen (secondary N) is 2. The Hall–Kier alpha value is -1.78. The molecular weight excluding hydrogens is 235 g/mol. The van der Waals surface area contributed by atoms with Gasteiger partial charge < -0.3 is 15.4 Å². The minimum Gasteiger partial charge on any atom is -0.494 e. The molecule has 1 amide bonds. The van der Waals surface area contributed by atoms with E-state index in [2.05, 4.69) is 10.6 Å². The molecule has 0 spiro atoms. The van der Waals surface area contributed by atoms with E-state index in [0.717, 1.165) is 0 Å². The smallest absolute Gasteiger partial charge is 0.239 e. The summed E-state index contributed by atoms with van der Waals surface area (Å²) in [5, 5.41) is 5.73. The Kier molecular flexibility index (Phi) is 4.53. The second-order valence-corrected chi connectivity index (χ2v) is 5.00. The average Bonchev–Trinajstić information content (AvgIpc) is 2.25. The highest BCUT2D eigenvalue weighted by Crippen LogP contribution is 2.21. The summed E-state index contributed by atoms with van der Waals surface area (Å²) >= 11 is 0. The summed E-state index contributed by atoms with van der Waals surface area (Å²) in [6.07, 6.45) is 0. The molecule has 0 fully saturated rings. The summed E-state index contributed by atoms with van der Waals surface area (Å²) in [5.41, 5.74) is 0.372. The van der Waals surface area contributed by atoms with Crippen LogP contribution < -0.4 is 15.4 Å². The maximum atomic E-state index is 13.2. The minimum atomic E-state index is -0.429. The molecule has 0 aliphatic heterocycles. The molecule has 0 radical (unpaired) electrons. The second-order valence-electron chi connectivity index (χ2n) is 5.00. The SMILES string of the molecule is COc1cc(NCC(=O)NC(C)(C)C)ccc1F. The summed E-state index contributed by atoms with van der Waals surface area (Å²) in [6, 6.07) is 4.37. The maximum Gasteiger partial charge on any atom is 0.239 e. The third-order valence-corrected chi connectivity index (χ3v) is 2.12. The van der Waals surface area contributed by atoms with Gasteiger partial charge in [-0.1, -0.05) is 0 Å². The van der Waals surface area contributed by atoms with Crippen molar-refractivity contribution in [2.75, 3.05) is 19.0 Å². The number of rotatable bonds is 4. The lowest BCUT2D eigenvalue weighted by molar-refractivity contribution is -0.120. The van der Waals surface area contributed by atoms with Crippen molar-refractivity contribution in [1.82, 2.24) is 5.32 Å². The molecular formula is C13H19FN2O2. The van der Waals surface area contributed by atoms with E-state index in [1.165, 1.54) is 19.2 Å². The number of carbonyl (C=O) groups is 1. The predicted molar refractivity (Wildman–Crippen MR) is 69.3 cm³/mol. The Morgan fingerprint density at radius 2 is 2.06 bits per heavy atom. The second kappa shape index (κ2) is 5.71. The van der Waals surface area contributed by atoms with Gasteiger partial charge in [0.15, 0.2) is 11.6 Å². The van der Waals surface area contributed by atoms with Crippen molar-refractivity contribution in [2.24, 2.45) is 0 Å². The van der Waals surface area contributed by atoms with Crippen LogP contribution in [0.15, 0.2) is 18.2 Å². The maximum absolute atomic E-state index is 13.2. The molecule has 0 saturated heterocycles. The summed E-state index contributed by atoms with van der Waals surface area (Å²) < 4.78 is 18.0. The van der Waals surface area contributed by atoms with Crippen LogP contribution in [0.4, 0.5) is 10.1 Å². The Morgan fingerprint density at radius 3 is 2.61 bits per heavy atom. The fraction of sp³-hybridized carbons (Fsp3) is 0.462. The quantitative estimate of drug-likeness (QED) is 0.865. The molecule has 18 heavy (non-hydrogen) atoms. The van der Waals surface area contributed by atoms with E-state index in [1.807, 2.05) is 20.8 Å². The molecule has 0 unspecified atom stereocenters. The number of hydrogen-bond donors (Lipinski definition) is 2. The number of benzene rings is 1. The molecule has 4 nitrogen and oxygen atoms in total. The van der Waals surface area contributed by atoms with E-state index in [4.69, 9.17) is 4.74 Å². The van der Waals surface area contributed by atoms with Gasteiger partial charge in [0.05, 0.1) is 13.7 Å². The number of anilines is 1. The van der Waals surface area contributed by atoms with E-state index in [9.17, 15) is 9.18 Å². The van der Waals surface area contributed by atoms with Crippen LogP contribution in [0.1, 0.15) is 20.8 Å². The Balaban J connectivity index is 2.56. The molecule has 1 aromatic carbocycles. The molecule has 0 aliphatic rings. The third-order valence-electron chi connectivity index (χ3n) is 2.12. The van der Waals surface area contributed by atoms with E-state index in [0.29, 0.717) is 5.69 Å². The van der Waals surface area contributed by atoms with Crippen molar-refractivity contribution in [2.45, 2.75) is 26.3 Å². The van der Waals surface area contributed by atoms with Gasteiger partial charge in [0.2, 0.25) is 5.91 Å². The van der Waals surface area contributed by atoms with Crippen molar-refractivity contribution in [3.8, 4) is 5.75 Å². The Labute approximate surface area is 107 Å². The van der Waals surface area contributed by atoms with Gasteiger partial charge in [0.25, 0.3) is 0 Å². The Morgan fingerprint density at radius 1 is 1.39 bits per heavy atom. The zero-order valence-corrected chi connectivity index (χ0v) is 11.1. The van der Waals surface area contributed by atoms with E-state index < -0.39 is 5.82 Å². The Bertz CT molecular complexity index is 427. The number of amides is 1. The molecule has 1 rings (SSSR count). The highest BCUT2D eigenvalue weighted by atomic mass is 19.1. The van der Waals surface area contributed by atoms with Gasteiger partial charge in [0.1, 0.15) is 0 Å². The fourth-order valence-electron chi connectivity index (χ4n) is 1.41. The number of hydrogen-bond acceptors (Lipinski definition) is 3. The number of methoxy groups -OCH3 is 1. The van der Waals surface area contributed by atoms with Gasteiger partial charge >= 0.3 is 0 Å². The van der Waals surface area contributed by atoms with E-state index >= 15 is 0 Å². The molecule has 100 valence electrons. The first-order valence-electron chi connectivity index (χ1n) is 5.70. The van der Waals surface area contributed by atoms with E-state index in [-0.39, 0.29) is 23.7 Å². The monoisotopic (exact) mass is 254 g/mol. The van der Waals surface area contributed by atoms with Crippen molar-refractivity contribution >= 4 is 11.6 Å². The minimum absolute atomic E-state index is 0.120. The van der Waals surface area contributed by atoms with Crippen LogP contribution in [0.5, 0.6) is 5.75 Å². The molecule has 0 aromatic heterocycles. The van der Waals surface area contributed by atoms with Crippen LogP contribution >= 0.6 is 0 Å². The highest BCUT2D eigenvalue weighted by molar-refractivity contribution is 5.81. The average molecular weight is 254 g/mol. The van der Waals surface area contributed by atoms with Crippen molar-refractivity contribution in [3.63, 3.8) is 0 Å². The molecule has 0 heterocycles. The number of halogens is 1. The van der Waals surface area contributed by atoms with Gasteiger partial charge in [-0.25, -0.2) is 4.39 Å². The molecule has 0 atom stereocenters. The number of ether oxygens (including phenoxy) is 1. The van der Waals surface area contributed by atoms with Gasteiger partial charge in [-0.3, -0.25) is 4.79 Å². The lowest BCUT2D eigenvalue weighted by atomic mass is 10.1. The number of carbonyl (C=O) groups excluding carboxylic acids is 1. The lowest BCUT2D eigenvalue weighted by Crippen LogP contribution is -2.43. The lowest BCUT2D eigenvalue weighted by Gasteiger charge is -2.20. The van der Waals surface area contributed by atoms with Gasteiger partial charge in [-0.15, -0.1) is 0 Å². The molecule has 2 N–H and O–H groups in total. The van der Waals surface area contributed by atoms with Crippen LogP contribution in [0.3, 0.4) is 0 Å². The largest absolute Gasteiger partial charge is 0.494 e. The summed E-state index contributed by atoms with van der Waals surface area (Å²) in [7, 11) is 1.40. The zero-order chi connectivity index (χ0) is 13.8. The van der Waals surface area contributed by atoms with Crippen molar-refractivity contribution < 1.29 is 13.9 Å². The van der Waals surface area contributed by atoms with Crippen molar-refractivity contribution in [1.29, 1.82) is 0 Å². The normalized spacial score (nSPS) is 10.9. The van der Waals surface area contributed by atoms with Crippen molar-refractivity contribution in [3.05, 3.63) is 24.0 Å². The summed E-state index contributed by atoms with van der Waals surface area (Å²) in [5.74, 6) is -0.399. The molecule has 5 heteroatoms. The predicted octanol–water partition coefficient (Wildman–Crippen LogP) is 2.16. The first-order chi connectivity index (χ1) is 8.31. The first kappa shape index (κ1) is 14.3. The fourth-order valence-corrected chi connectivity index (χ4v) is 1.41. The zero-order valence-electron chi connectivity index (χ0n) is 11.1. The van der Waals surface area contributed by atoms with Crippen LogP contribution in [-0.4, -0.2) is 25.1 Å². The third kappa shape index (κ3) is 4.61. The summed E-state index contributed by atoms with van der Waals surface area (Å²) in [4.78, 5) is 11.6. The topological polar surface area (TPSA) is 50.4 Å². The van der Waals surface area contributed by atoms with Gasteiger partial charge in [0, 0.05) is 17.3 Å². The van der Waals surface area contributed by atoms with Crippen LogP contribution in [0.2, 0.25) is 0 Å². The van der Waals surface area contributed by atoms with Crippen LogP contribution in [-0.2, 0) is 4.79 Å².